The first-order valence-corrected chi connectivity index (χ1v) is 8.01. The van der Waals surface area contributed by atoms with Gasteiger partial charge in [0, 0.05) is 25.6 Å². The van der Waals surface area contributed by atoms with E-state index in [1.54, 1.807) is 12.3 Å². The van der Waals surface area contributed by atoms with E-state index in [0.717, 1.165) is 11.3 Å². The molecule has 0 aromatic carbocycles. The summed E-state index contributed by atoms with van der Waals surface area (Å²) in [5.41, 5.74) is 0.540. The molecule has 0 atom stereocenters. The number of sulfonamides is 1. The lowest BCUT2D eigenvalue weighted by Gasteiger charge is -2.37. The van der Waals surface area contributed by atoms with Crippen LogP contribution in [0.5, 0.6) is 0 Å². The van der Waals surface area contributed by atoms with E-state index in [9.17, 15) is 13.2 Å². The molecule has 106 valence electrons. The van der Waals surface area contributed by atoms with Crippen LogP contribution in [-0.4, -0.2) is 50.6 Å². The van der Waals surface area contributed by atoms with Crippen molar-refractivity contribution in [2.45, 2.75) is 11.8 Å². The summed E-state index contributed by atoms with van der Waals surface area (Å²) in [6.45, 7) is 2.20. The Labute approximate surface area is 115 Å². The highest BCUT2D eigenvalue weighted by Gasteiger charge is 2.39. The van der Waals surface area contributed by atoms with Crippen LogP contribution in [0.15, 0.2) is 10.3 Å². The van der Waals surface area contributed by atoms with Gasteiger partial charge in [-0.15, -0.1) is 11.3 Å². The maximum Gasteiger partial charge on any atom is 0.349 e. The predicted molar refractivity (Wildman–Crippen MR) is 69.7 cm³/mol. The topological polar surface area (TPSA) is 83.9 Å². The Bertz CT molecular complexity index is 586. The van der Waals surface area contributed by atoms with Crippen molar-refractivity contribution in [3.05, 3.63) is 15.8 Å². The normalized spacial score (nSPS) is 17.2. The highest BCUT2D eigenvalue weighted by molar-refractivity contribution is 7.89. The molecule has 0 saturated carbocycles. The van der Waals surface area contributed by atoms with Crippen molar-refractivity contribution in [3.8, 4) is 0 Å². The molecule has 0 bridgehead atoms. The average molecular weight is 305 g/mol. The molecule has 1 fully saturated rings. The highest BCUT2D eigenvalue weighted by atomic mass is 32.2. The van der Waals surface area contributed by atoms with Gasteiger partial charge < -0.3 is 9.84 Å². The van der Waals surface area contributed by atoms with E-state index in [0.29, 0.717) is 5.56 Å². The van der Waals surface area contributed by atoms with Gasteiger partial charge in [0.15, 0.2) is 0 Å². The molecular formula is C11H15NO5S2. The molecule has 2 rings (SSSR count). The van der Waals surface area contributed by atoms with Gasteiger partial charge in [-0.25, -0.2) is 13.2 Å². The maximum atomic E-state index is 12.4. The van der Waals surface area contributed by atoms with E-state index < -0.39 is 16.0 Å². The molecule has 1 saturated heterocycles. The van der Waals surface area contributed by atoms with E-state index in [2.05, 4.69) is 4.74 Å². The Morgan fingerprint density at radius 3 is 2.74 bits per heavy atom. The van der Waals surface area contributed by atoms with E-state index in [1.807, 2.05) is 0 Å². The minimum atomic E-state index is -3.69. The Hall–Kier alpha value is -0.960. The number of rotatable bonds is 4. The van der Waals surface area contributed by atoms with Gasteiger partial charge in [-0.3, -0.25) is 0 Å². The fourth-order valence-corrected chi connectivity index (χ4v) is 5.20. The molecule has 0 amide bonds. The molecule has 1 aromatic heterocycles. The molecule has 19 heavy (non-hydrogen) atoms. The number of aliphatic hydroxyl groups excluding tert-OH is 1. The van der Waals surface area contributed by atoms with Crippen LogP contribution in [0.4, 0.5) is 0 Å². The molecule has 0 aliphatic carbocycles. The number of aryl methyl sites for hydroxylation is 1. The van der Waals surface area contributed by atoms with Crippen molar-refractivity contribution in [1.29, 1.82) is 0 Å². The van der Waals surface area contributed by atoms with Crippen molar-refractivity contribution in [2.24, 2.45) is 5.92 Å². The first kappa shape index (κ1) is 14.4. The molecule has 8 heteroatoms. The quantitative estimate of drug-likeness (QED) is 0.817. The first-order valence-electron chi connectivity index (χ1n) is 5.69. The lowest BCUT2D eigenvalue weighted by atomic mass is 10.1. The summed E-state index contributed by atoms with van der Waals surface area (Å²) in [5, 5.41) is 10.6. The second kappa shape index (κ2) is 5.20. The lowest BCUT2D eigenvalue weighted by Crippen LogP contribution is -2.51. The summed E-state index contributed by atoms with van der Waals surface area (Å²) in [6, 6.07) is 0. The zero-order chi connectivity index (χ0) is 14.2. The fraction of sp³-hybridized carbons (Fsp3) is 0.545. The van der Waals surface area contributed by atoms with Crippen LogP contribution in [-0.2, 0) is 14.8 Å². The summed E-state index contributed by atoms with van der Waals surface area (Å²) < 4.78 is 30.8. The summed E-state index contributed by atoms with van der Waals surface area (Å²) >= 11 is 1.06. The molecular weight excluding hydrogens is 290 g/mol. The summed E-state index contributed by atoms with van der Waals surface area (Å²) in [5.74, 6) is -0.661. The van der Waals surface area contributed by atoms with Crippen LogP contribution >= 0.6 is 11.3 Å². The number of hydrogen-bond acceptors (Lipinski definition) is 6. The number of carbonyl (C=O) groups excluding carboxylic acids is 1. The third kappa shape index (κ3) is 2.40. The number of hydrogen-bond donors (Lipinski definition) is 1. The standard InChI is InChI=1S/C11H15NO5S2/c1-7-6-18-9(11(14)17-2)10(7)19(15,16)12-3-8(4-12)5-13/h6,8,13H,3-5H2,1-2H3. The predicted octanol–water partition coefficient (Wildman–Crippen LogP) is 0.456. The molecule has 1 aromatic rings. The van der Waals surface area contributed by atoms with Crippen LogP contribution in [0.2, 0.25) is 0 Å². The number of thiophene rings is 1. The van der Waals surface area contributed by atoms with Crippen LogP contribution in [0, 0.1) is 12.8 Å². The molecule has 2 heterocycles. The van der Waals surface area contributed by atoms with Gasteiger partial charge in [0.05, 0.1) is 7.11 Å². The van der Waals surface area contributed by atoms with E-state index in [-0.39, 0.29) is 35.4 Å². The second-order valence-corrected chi connectivity index (χ2v) is 7.19. The second-order valence-electron chi connectivity index (χ2n) is 4.44. The fourth-order valence-electron chi connectivity index (χ4n) is 1.95. The molecule has 1 aliphatic heterocycles. The zero-order valence-corrected chi connectivity index (χ0v) is 12.3. The van der Waals surface area contributed by atoms with Gasteiger partial charge in [0.2, 0.25) is 10.0 Å². The van der Waals surface area contributed by atoms with Gasteiger partial charge in [-0.05, 0) is 17.9 Å². The monoisotopic (exact) mass is 305 g/mol. The summed E-state index contributed by atoms with van der Waals surface area (Å²) in [6.07, 6.45) is 0. The highest BCUT2D eigenvalue weighted by Crippen LogP contribution is 2.33. The minimum Gasteiger partial charge on any atom is -0.465 e. The van der Waals surface area contributed by atoms with E-state index in [1.165, 1.54) is 11.4 Å². The van der Waals surface area contributed by atoms with Gasteiger partial charge in [-0.2, -0.15) is 4.31 Å². The van der Waals surface area contributed by atoms with E-state index >= 15 is 0 Å². The Morgan fingerprint density at radius 1 is 1.58 bits per heavy atom. The van der Waals surface area contributed by atoms with Crippen LogP contribution in [0.3, 0.4) is 0 Å². The van der Waals surface area contributed by atoms with Crippen LogP contribution < -0.4 is 0 Å². The molecule has 6 nitrogen and oxygen atoms in total. The van der Waals surface area contributed by atoms with Crippen molar-refractivity contribution in [3.63, 3.8) is 0 Å². The number of nitrogens with zero attached hydrogens (tertiary/aromatic N) is 1. The zero-order valence-electron chi connectivity index (χ0n) is 10.6. The van der Waals surface area contributed by atoms with Crippen molar-refractivity contribution >= 4 is 27.3 Å². The minimum absolute atomic E-state index is 0.0182. The van der Waals surface area contributed by atoms with Gasteiger partial charge in [-0.1, -0.05) is 0 Å². The van der Waals surface area contributed by atoms with Gasteiger partial charge in [0.25, 0.3) is 0 Å². The maximum absolute atomic E-state index is 12.4. The molecule has 1 N–H and O–H groups in total. The molecule has 0 unspecified atom stereocenters. The third-order valence-electron chi connectivity index (χ3n) is 3.07. The number of esters is 1. The number of aliphatic hydroxyl groups is 1. The molecule has 1 aliphatic rings. The van der Waals surface area contributed by atoms with E-state index in [4.69, 9.17) is 5.11 Å². The summed E-state index contributed by atoms with van der Waals surface area (Å²) in [4.78, 5) is 11.7. The Morgan fingerprint density at radius 2 is 2.21 bits per heavy atom. The van der Waals surface area contributed by atoms with Crippen molar-refractivity contribution in [1.82, 2.24) is 4.31 Å². The van der Waals surface area contributed by atoms with Crippen LogP contribution in [0.25, 0.3) is 0 Å². The van der Waals surface area contributed by atoms with Crippen molar-refractivity contribution < 1.29 is 23.1 Å². The number of carbonyl (C=O) groups is 1. The van der Waals surface area contributed by atoms with Crippen molar-refractivity contribution in [2.75, 3.05) is 26.8 Å². The SMILES string of the molecule is COC(=O)c1scc(C)c1S(=O)(=O)N1CC(CO)C1. The molecule has 0 radical (unpaired) electrons. The Balaban J connectivity index is 2.36. The smallest absolute Gasteiger partial charge is 0.349 e. The molecule has 0 spiro atoms. The number of ether oxygens (including phenoxy) is 1. The summed E-state index contributed by atoms with van der Waals surface area (Å²) in [7, 11) is -2.47. The lowest BCUT2D eigenvalue weighted by molar-refractivity contribution is 0.0601. The van der Waals surface area contributed by atoms with Gasteiger partial charge >= 0.3 is 5.97 Å². The van der Waals surface area contributed by atoms with Gasteiger partial charge in [0.1, 0.15) is 9.77 Å². The largest absolute Gasteiger partial charge is 0.465 e. The average Bonchev–Trinajstić information content (AvgIpc) is 2.69. The first-order chi connectivity index (χ1) is 8.91. The van der Waals surface area contributed by atoms with Crippen LogP contribution in [0.1, 0.15) is 15.2 Å². The third-order valence-corrected chi connectivity index (χ3v) is 6.30. The number of methoxy groups -OCH3 is 1. The Kier molecular flexibility index (Phi) is 3.95.